The van der Waals surface area contributed by atoms with Crippen molar-refractivity contribution in [3.63, 3.8) is 0 Å². The molecule has 0 aromatic carbocycles. The lowest BCUT2D eigenvalue weighted by Crippen LogP contribution is -2.40. The highest BCUT2D eigenvalue weighted by molar-refractivity contribution is 5.81. The topological polar surface area (TPSA) is 125 Å². The summed E-state index contributed by atoms with van der Waals surface area (Å²) in [7, 11) is 0. The van der Waals surface area contributed by atoms with Gasteiger partial charge in [0.15, 0.2) is 17.7 Å². The summed E-state index contributed by atoms with van der Waals surface area (Å²) in [4.78, 5) is 12.7. The van der Waals surface area contributed by atoms with Crippen LogP contribution in [0.15, 0.2) is 12.7 Å². The van der Waals surface area contributed by atoms with E-state index in [1.54, 1.807) is 10.9 Å². The van der Waals surface area contributed by atoms with E-state index < -0.39 is 12.3 Å². The molecule has 32 heavy (non-hydrogen) atoms. The Bertz CT molecular complexity index is 832. The largest absolute Gasteiger partial charge is 0.382 e. The molecular formula is C21H35N5O6. The minimum atomic E-state index is -0.561. The van der Waals surface area contributed by atoms with E-state index in [-0.39, 0.29) is 31.2 Å². The molecule has 0 amide bonds. The first kappa shape index (κ1) is 24.7. The van der Waals surface area contributed by atoms with Crippen LogP contribution in [-0.4, -0.2) is 83.3 Å². The van der Waals surface area contributed by atoms with Crippen molar-refractivity contribution in [1.29, 1.82) is 0 Å². The van der Waals surface area contributed by atoms with Crippen LogP contribution in [-0.2, 0) is 28.4 Å². The van der Waals surface area contributed by atoms with Crippen LogP contribution in [0.25, 0.3) is 11.2 Å². The molecule has 0 saturated carbocycles. The average molecular weight is 454 g/mol. The number of anilines is 1. The van der Waals surface area contributed by atoms with Crippen LogP contribution < -0.4 is 5.73 Å². The summed E-state index contributed by atoms with van der Waals surface area (Å²) in [5.41, 5.74) is 7.03. The third-order valence-electron chi connectivity index (χ3n) is 4.89. The fourth-order valence-electron chi connectivity index (χ4n) is 3.51. The van der Waals surface area contributed by atoms with Crippen molar-refractivity contribution >= 4 is 17.0 Å². The number of imidazole rings is 1. The molecule has 3 heterocycles. The van der Waals surface area contributed by atoms with E-state index in [0.717, 1.165) is 0 Å². The molecule has 1 saturated heterocycles. The van der Waals surface area contributed by atoms with Gasteiger partial charge in [-0.25, -0.2) is 15.0 Å². The molecule has 1 fully saturated rings. The SMILES string of the molecule is CCOCCOCO[C@@H]1[C@H](OC(C)C)[C@@H](COC(C)C)O[C@H]1n1cnc2c(N)ncnc21. The number of ether oxygens (including phenoxy) is 6. The zero-order chi connectivity index (χ0) is 23.1. The summed E-state index contributed by atoms with van der Waals surface area (Å²) >= 11 is 0. The molecule has 0 radical (unpaired) electrons. The number of rotatable bonds is 13. The molecule has 4 atom stereocenters. The smallest absolute Gasteiger partial charge is 0.167 e. The van der Waals surface area contributed by atoms with Gasteiger partial charge in [0.25, 0.3) is 0 Å². The molecule has 0 bridgehead atoms. The summed E-state index contributed by atoms with van der Waals surface area (Å²) in [5, 5.41) is 0. The van der Waals surface area contributed by atoms with E-state index in [9.17, 15) is 0 Å². The van der Waals surface area contributed by atoms with Crippen molar-refractivity contribution in [3.8, 4) is 0 Å². The van der Waals surface area contributed by atoms with Crippen LogP contribution in [0.3, 0.4) is 0 Å². The van der Waals surface area contributed by atoms with Gasteiger partial charge in [-0.05, 0) is 34.6 Å². The lowest BCUT2D eigenvalue weighted by molar-refractivity contribution is -0.155. The van der Waals surface area contributed by atoms with Crippen LogP contribution in [0.4, 0.5) is 5.82 Å². The van der Waals surface area contributed by atoms with Gasteiger partial charge >= 0.3 is 0 Å². The second kappa shape index (κ2) is 11.8. The second-order valence-electron chi connectivity index (χ2n) is 8.03. The highest BCUT2D eigenvalue weighted by atomic mass is 16.7. The monoisotopic (exact) mass is 453 g/mol. The van der Waals surface area contributed by atoms with Crippen molar-refractivity contribution < 1.29 is 28.4 Å². The minimum Gasteiger partial charge on any atom is -0.382 e. The zero-order valence-electron chi connectivity index (χ0n) is 19.5. The Hall–Kier alpha value is -1.89. The number of nitrogens with two attached hydrogens (primary N) is 1. The van der Waals surface area contributed by atoms with Gasteiger partial charge in [-0.2, -0.15) is 0 Å². The van der Waals surface area contributed by atoms with Crippen LogP contribution in [0.2, 0.25) is 0 Å². The molecule has 2 N–H and O–H groups in total. The van der Waals surface area contributed by atoms with E-state index in [1.165, 1.54) is 6.33 Å². The molecule has 180 valence electrons. The van der Waals surface area contributed by atoms with Crippen LogP contribution >= 0.6 is 0 Å². The first-order chi connectivity index (χ1) is 15.4. The fraction of sp³-hybridized carbons (Fsp3) is 0.762. The Labute approximate surface area is 188 Å². The Morgan fingerprint density at radius 1 is 1.06 bits per heavy atom. The van der Waals surface area contributed by atoms with E-state index >= 15 is 0 Å². The lowest BCUT2D eigenvalue weighted by atomic mass is 10.1. The molecular weight excluding hydrogens is 418 g/mol. The maximum Gasteiger partial charge on any atom is 0.167 e. The highest BCUT2D eigenvalue weighted by Crippen LogP contribution is 2.36. The standard InChI is InChI=1S/C21H35N5O6/c1-6-27-7-8-28-12-30-18-17(31-14(4)5)15(9-29-13(2)3)32-21(18)26-11-25-16-19(22)23-10-24-20(16)26/h10-11,13-15,17-18,21H,6-9,12H2,1-5H3,(H2,22,23,24)/t15-,17-,18-,21-/m1/s1. The van der Waals surface area contributed by atoms with E-state index in [2.05, 4.69) is 15.0 Å². The maximum atomic E-state index is 6.39. The Balaban J connectivity index is 1.84. The van der Waals surface area contributed by atoms with Gasteiger partial charge in [0, 0.05) is 6.61 Å². The Morgan fingerprint density at radius 2 is 1.84 bits per heavy atom. The maximum absolute atomic E-state index is 6.39. The van der Waals surface area contributed by atoms with Crippen LogP contribution in [0, 0.1) is 0 Å². The summed E-state index contributed by atoms with van der Waals surface area (Å²) < 4.78 is 37.3. The molecule has 2 aromatic rings. The Morgan fingerprint density at radius 3 is 2.56 bits per heavy atom. The van der Waals surface area contributed by atoms with Crippen molar-refractivity contribution in [1.82, 2.24) is 19.5 Å². The second-order valence-corrected chi connectivity index (χ2v) is 8.03. The van der Waals surface area contributed by atoms with Gasteiger partial charge in [0.1, 0.15) is 36.9 Å². The molecule has 2 aromatic heterocycles. The van der Waals surface area contributed by atoms with Gasteiger partial charge < -0.3 is 34.2 Å². The number of nitrogen functional groups attached to an aromatic ring is 1. The lowest BCUT2D eigenvalue weighted by Gasteiger charge is -2.27. The molecule has 0 unspecified atom stereocenters. The summed E-state index contributed by atoms with van der Waals surface area (Å²) in [6.07, 6.45) is 1.27. The number of hydrogen-bond acceptors (Lipinski definition) is 10. The summed E-state index contributed by atoms with van der Waals surface area (Å²) in [5.74, 6) is 0.304. The summed E-state index contributed by atoms with van der Waals surface area (Å²) in [6.45, 7) is 11.9. The van der Waals surface area contributed by atoms with E-state index in [0.29, 0.717) is 43.4 Å². The molecule has 1 aliphatic rings. The first-order valence-electron chi connectivity index (χ1n) is 11.0. The molecule has 0 spiro atoms. The predicted molar refractivity (Wildman–Crippen MR) is 117 cm³/mol. The van der Waals surface area contributed by atoms with E-state index in [1.807, 2.05) is 34.6 Å². The molecule has 0 aliphatic carbocycles. The number of aromatic nitrogens is 4. The highest BCUT2D eigenvalue weighted by Gasteiger charge is 2.48. The van der Waals surface area contributed by atoms with Crippen molar-refractivity contribution in [2.75, 3.05) is 39.0 Å². The van der Waals surface area contributed by atoms with Gasteiger partial charge in [-0.1, -0.05) is 0 Å². The fourth-order valence-corrected chi connectivity index (χ4v) is 3.51. The third-order valence-corrected chi connectivity index (χ3v) is 4.89. The molecule has 11 nitrogen and oxygen atoms in total. The summed E-state index contributed by atoms with van der Waals surface area (Å²) in [6, 6.07) is 0. The normalized spacial score (nSPS) is 23.7. The minimum absolute atomic E-state index is 0.0358. The number of nitrogens with zero attached hydrogens (tertiary/aromatic N) is 4. The number of hydrogen-bond donors (Lipinski definition) is 1. The average Bonchev–Trinajstić information content (AvgIpc) is 3.31. The van der Waals surface area contributed by atoms with Crippen LogP contribution in [0.1, 0.15) is 40.8 Å². The van der Waals surface area contributed by atoms with E-state index in [4.69, 9.17) is 34.2 Å². The Kier molecular flexibility index (Phi) is 9.14. The van der Waals surface area contributed by atoms with Crippen molar-refractivity contribution in [2.45, 2.75) is 71.4 Å². The first-order valence-corrected chi connectivity index (χ1v) is 11.0. The number of fused-ring (bicyclic) bond motifs is 1. The molecule has 1 aliphatic heterocycles. The van der Waals surface area contributed by atoms with Gasteiger partial charge in [0.05, 0.1) is 38.4 Å². The van der Waals surface area contributed by atoms with Crippen molar-refractivity contribution in [3.05, 3.63) is 12.7 Å². The molecule has 11 heteroatoms. The predicted octanol–water partition coefficient (Wildman–Crippen LogP) is 1.92. The van der Waals surface area contributed by atoms with Crippen molar-refractivity contribution in [2.24, 2.45) is 0 Å². The molecule has 3 rings (SSSR count). The van der Waals surface area contributed by atoms with Crippen LogP contribution in [0.5, 0.6) is 0 Å². The third kappa shape index (κ3) is 6.12. The quantitative estimate of drug-likeness (QED) is 0.355. The zero-order valence-corrected chi connectivity index (χ0v) is 19.5. The van der Waals surface area contributed by atoms with Gasteiger partial charge in [-0.15, -0.1) is 0 Å². The van der Waals surface area contributed by atoms with Gasteiger partial charge in [0.2, 0.25) is 0 Å². The van der Waals surface area contributed by atoms with Gasteiger partial charge in [-0.3, -0.25) is 4.57 Å².